The molecule has 0 aromatic heterocycles. The van der Waals surface area contributed by atoms with E-state index in [0.29, 0.717) is 13.2 Å². The number of urea groups is 1. The van der Waals surface area contributed by atoms with Crippen LogP contribution in [0.3, 0.4) is 0 Å². The van der Waals surface area contributed by atoms with Crippen molar-refractivity contribution in [2.45, 2.75) is 19.9 Å². The van der Waals surface area contributed by atoms with Crippen LogP contribution in [-0.2, 0) is 22.5 Å². The zero-order valence-electron chi connectivity index (χ0n) is 18.6. The van der Waals surface area contributed by atoms with Crippen LogP contribution in [0.15, 0.2) is 48.5 Å². The zero-order chi connectivity index (χ0) is 22.6. The van der Waals surface area contributed by atoms with E-state index in [2.05, 4.69) is 20.9 Å². The summed E-state index contributed by atoms with van der Waals surface area (Å²) in [5.74, 6) is 0.503. The van der Waals surface area contributed by atoms with Crippen LogP contribution in [0.2, 0.25) is 0 Å². The molecule has 0 radical (unpaired) electrons. The predicted octanol–water partition coefficient (Wildman–Crippen LogP) is 2.40. The summed E-state index contributed by atoms with van der Waals surface area (Å²) in [5, 5.41) is 8.19. The van der Waals surface area contributed by atoms with E-state index in [0.717, 1.165) is 61.8 Å². The Bertz CT molecular complexity index is 884. The van der Waals surface area contributed by atoms with Crippen LogP contribution in [0, 0.1) is 0 Å². The molecule has 3 rings (SSSR count). The number of nitrogens with zero attached hydrogens (tertiary/aromatic N) is 1. The molecule has 32 heavy (non-hydrogen) atoms. The highest BCUT2D eigenvalue weighted by Crippen LogP contribution is 2.15. The predicted molar refractivity (Wildman–Crippen MR) is 124 cm³/mol. The highest BCUT2D eigenvalue weighted by molar-refractivity contribution is 5.94. The van der Waals surface area contributed by atoms with E-state index >= 15 is 0 Å². The number of hydrogen-bond donors (Lipinski definition) is 3. The first-order chi connectivity index (χ1) is 15.6. The molecule has 1 aliphatic heterocycles. The SMILES string of the molecule is CCc1ccccc1NC(=O)CNC(=O)NCc1cccc(OCCN2CCOCC2)c1. The zero-order valence-corrected chi connectivity index (χ0v) is 18.6. The van der Waals surface area contributed by atoms with E-state index in [4.69, 9.17) is 9.47 Å². The Balaban J connectivity index is 1.36. The number of amides is 3. The van der Waals surface area contributed by atoms with Gasteiger partial charge in [0.25, 0.3) is 0 Å². The van der Waals surface area contributed by atoms with Crippen molar-refractivity contribution in [1.82, 2.24) is 15.5 Å². The Kier molecular flexibility index (Phi) is 9.34. The van der Waals surface area contributed by atoms with Gasteiger partial charge in [-0.1, -0.05) is 37.3 Å². The molecule has 1 heterocycles. The Morgan fingerprint density at radius 2 is 1.88 bits per heavy atom. The van der Waals surface area contributed by atoms with E-state index in [1.807, 2.05) is 55.5 Å². The number of aryl methyl sites for hydroxylation is 1. The summed E-state index contributed by atoms with van der Waals surface area (Å²) in [6.45, 7) is 7.15. The maximum Gasteiger partial charge on any atom is 0.315 e. The lowest BCUT2D eigenvalue weighted by atomic mass is 10.1. The number of hydrogen-bond acceptors (Lipinski definition) is 5. The first-order valence-corrected chi connectivity index (χ1v) is 11.1. The molecule has 0 bridgehead atoms. The Labute approximate surface area is 189 Å². The largest absolute Gasteiger partial charge is 0.492 e. The normalized spacial score (nSPS) is 13.9. The Morgan fingerprint density at radius 3 is 2.69 bits per heavy atom. The summed E-state index contributed by atoms with van der Waals surface area (Å²) >= 11 is 0. The van der Waals surface area contributed by atoms with Crippen molar-refractivity contribution in [3.05, 3.63) is 59.7 Å². The molecule has 1 aliphatic rings. The third-order valence-electron chi connectivity index (χ3n) is 5.21. The van der Waals surface area contributed by atoms with Gasteiger partial charge in [0.2, 0.25) is 5.91 Å². The van der Waals surface area contributed by atoms with Crippen molar-refractivity contribution in [2.75, 3.05) is 51.3 Å². The number of nitrogens with one attached hydrogen (secondary N) is 3. The number of benzene rings is 2. The minimum atomic E-state index is -0.400. The van der Waals surface area contributed by atoms with Gasteiger partial charge in [-0.05, 0) is 35.7 Å². The molecule has 2 aromatic carbocycles. The van der Waals surface area contributed by atoms with Crippen molar-refractivity contribution in [2.24, 2.45) is 0 Å². The number of carbonyl (C=O) groups is 2. The molecule has 1 saturated heterocycles. The van der Waals surface area contributed by atoms with E-state index < -0.39 is 6.03 Å². The highest BCUT2D eigenvalue weighted by atomic mass is 16.5. The van der Waals surface area contributed by atoms with Gasteiger partial charge in [0.15, 0.2) is 0 Å². The van der Waals surface area contributed by atoms with Crippen molar-refractivity contribution in [3.63, 3.8) is 0 Å². The molecule has 2 aromatic rings. The molecule has 8 nitrogen and oxygen atoms in total. The average molecular weight is 441 g/mol. The topological polar surface area (TPSA) is 91.9 Å². The summed E-state index contributed by atoms with van der Waals surface area (Å²) in [6, 6.07) is 14.9. The second-order valence-corrected chi connectivity index (χ2v) is 7.54. The molecule has 0 unspecified atom stereocenters. The number of para-hydroxylation sites is 1. The lowest BCUT2D eigenvalue weighted by molar-refractivity contribution is -0.115. The molecular formula is C24H32N4O4. The molecule has 0 spiro atoms. The number of ether oxygens (including phenoxy) is 2. The van der Waals surface area contributed by atoms with Crippen LogP contribution in [0.5, 0.6) is 5.75 Å². The molecule has 0 saturated carbocycles. The van der Waals surface area contributed by atoms with Crippen LogP contribution >= 0.6 is 0 Å². The summed E-state index contributed by atoms with van der Waals surface area (Å²) in [6.07, 6.45) is 0.820. The van der Waals surface area contributed by atoms with Gasteiger partial charge in [-0.2, -0.15) is 0 Å². The number of carbonyl (C=O) groups excluding carboxylic acids is 2. The first-order valence-electron chi connectivity index (χ1n) is 11.1. The maximum atomic E-state index is 12.1. The van der Waals surface area contributed by atoms with E-state index in [1.165, 1.54) is 0 Å². The molecule has 0 aliphatic carbocycles. The standard InChI is InChI=1S/C24H32N4O4/c1-2-20-7-3-4-9-22(20)27-23(29)18-26-24(30)25-17-19-6-5-8-21(16-19)32-15-12-28-10-13-31-14-11-28/h3-9,16H,2,10-15,17-18H2,1H3,(H,27,29)(H2,25,26,30). The molecule has 172 valence electrons. The maximum absolute atomic E-state index is 12.1. The number of rotatable bonds is 10. The molecule has 0 atom stereocenters. The minimum absolute atomic E-state index is 0.103. The summed E-state index contributed by atoms with van der Waals surface area (Å²) in [5.41, 5.74) is 2.75. The summed E-state index contributed by atoms with van der Waals surface area (Å²) in [7, 11) is 0. The second-order valence-electron chi connectivity index (χ2n) is 7.54. The van der Waals surface area contributed by atoms with E-state index in [-0.39, 0.29) is 12.5 Å². The molecule has 3 N–H and O–H groups in total. The smallest absolute Gasteiger partial charge is 0.315 e. The molecule has 1 fully saturated rings. The summed E-state index contributed by atoms with van der Waals surface area (Å²) < 4.78 is 11.2. The van der Waals surface area contributed by atoms with Gasteiger partial charge in [-0.3, -0.25) is 9.69 Å². The van der Waals surface area contributed by atoms with Crippen molar-refractivity contribution in [3.8, 4) is 5.75 Å². The fourth-order valence-electron chi connectivity index (χ4n) is 3.41. The number of morpholine rings is 1. The quantitative estimate of drug-likeness (QED) is 0.528. The van der Waals surface area contributed by atoms with Crippen LogP contribution in [0.25, 0.3) is 0 Å². The Hall–Kier alpha value is -3.10. The van der Waals surface area contributed by atoms with Gasteiger partial charge >= 0.3 is 6.03 Å². The van der Waals surface area contributed by atoms with E-state index in [9.17, 15) is 9.59 Å². The average Bonchev–Trinajstić information content (AvgIpc) is 2.83. The third kappa shape index (κ3) is 7.86. The lowest BCUT2D eigenvalue weighted by Crippen LogP contribution is -2.39. The molecular weight excluding hydrogens is 408 g/mol. The van der Waals surface area contributed by atoms with Crippen molar-refractivity contribution in [1.29, 1.82) is 0 Å². The monoisotopic (exact) mass is 440 g/mol. The lowest BCUT2D eigenvalue weighted by Gasteiger charge is -2.26. The van der Waals surface area contributed by atoms with Gasteiger partial charge in [-0.25, -0.2) is 4.79 Å². The number of anilines is 1. The fraction of sp³-hybridized carbons (Fsp3) is 0.417. The second kappa shape index (κ2) is 12.7. The van der Waals surface area contributed by atoms with Gasteiger partial charge in [-0.15, -0.1) is 0 Å². The van der Waals surface area contributed by atoms with Crippen molar-refractivity contribution >= 4 is 17.6 Å². The van der Waals surface area contributed by atoms with Crippen LogP contribution in [0.1, 0.15) is 18.1 Å². The minimum Gasteiger partial charge on any atom is -0.492 e. The first kappa shape index (κ1) is 23.6. The highest BCUT2D eigenvalue weighted by Gasteiger charge is 2.10. The molecule has 3 amide bonds. The van der Waals surface area contributed by atoms with Crippen LogP contribution in [-0.4, -0.2) is 62.8 Å². The molecule has 8 heteroatoms. The van der Waals surface area contributed by atoms with Gasteiger partial charge in [0.1, 0.15) is 12.4 Å². The third-order valence-corrected chi connectivity index (χ3v) is 5.21. The Morgan fingerprint density at radius 1 is 1.06 bits per heavy atom. The van der Waals surface area contributed by atoms with Crippen LogP contribution in [0.4, 0.5) is 10.5 Å². The summed E-state index contributed by atoms with van der Waals surface area (Å²) in [4.78, 5) is 26.5. The van der Waals surface area contributed by atoms with E-state index in [1.54, 1.807) is 0 Å². The van der Waals surface area contributed by atoms with Gasteiger partial charge in [0.05, 0.1) is 19.8 Å². The van der Waals surface area contributed by atoms with Gasteiger partial charge in [0, 0.05) is 31.9 Å². The van der Waals surface area contributed by atoms with Gasteiger partial charge < -0.3 is 25.4 Å². The fourth-order valence-corrected chi connectivity index (χ4v) is 3.41. The van der Waals surface area contributed by atoms with Crippen molar-refractivity contribution < 1.29 is 19.1 Å². The van der Waals surface area contributed by atoms with Crippen LogP contribution < -0.4 is 20.7 Å².